The van der Waals surface area contributed by atoms with Crippen LogP contribution in [0.15, 0.2) is 60.2 Å². The standard InChI is InChI=1S/C18H18O.2ClH.Ti/c1-12-7-8-15(11-12)17-10-9-14-5-3-4-6-16(14)18(17)13(2)19;;;/h3-11,13,15,19H,1-2H3;2*1H;/q;;;+2/p-2. The van der Waals surface area contributed by atoms with Gasteiger partial charge in [-0.05, 0) is 35.7 Å². The first-order valence-electron chi connectivity index (χ1n) is 6.73. The van der Waals surface area contributed by atoms with Crippen molar-refractivity contribution in [2.75, 3.05) is 0 Å². The first-order chi connectivity index (χ1) is 9.16. The third-order valence-electron chi connectivity index (χ3n) is 3.79. The van der Waals surface area contributed by atoms with Gasteiger partial charge in [-0.15, -0.1) is 0 Å². The topological polar surface area (TPSA) is 20.2 Å². The van der Waals surface area contributed by atoms with E-state index >= 15 is 0 Å². The van der Waals surface area contributed by atoms with Crippen LogP contribution in [0.3, 0.4) is 0 Å². The maximum Gasteiger partial charge on any atom is 2.00 e. The second-order valence-electron chi connectivity index (χ2n) is 5.26. The van der Waals surface area contributed by atoms with E-state index in [4.69, 9.17) is 0 Å². The third kappa shape index (κ3) is 4.04. The summed E-state index contributed by atoms with van der Waals surface area (Å²) in [7, 11) is 0. The van der Waals surface area contributed by atoms with E-state index in [1.807, 2.05) is 19.1 Å². The Labute approximate surface area is 159 Å². The third-order valence-corrected chi connectivity index (χ3v) is 3.79. The number of hydrogen-bond donors (Lipinski definition) is 1. The molecule has 0 radical (unpaired) electrons. The van der Waals surface area contributed by atoms with E-state index in [2.05, 4.69) is 49.4 Å². The molecule has 3 rings (SSSR count). The average molecular weight is 369 g/mol. The molecule has 0 heterocycles. The zero-order valence-electron chi connectivity index (χ0n) is 12.6. The smallest absolute Gasteiger partial charge is 1.00 e. The minimum absolute atomic E-state index is 0. The summed E-state index contributed by atoms with van der Waals surface area (Å²) in [6.07, 6.45) is 6.14. The first kappa shape index (κ1) is 21.4. The summed E-state index contributed by atoms with van der Waals surface area (Å²) in [5, 5.41) is 12.5. The van der Waals surface area contributed by atoms with Crippen molar-refractivity contribution in [3.63, 3.8) is 0 Å². The largest absolute Gasteiger partial charge is 2.00 e. The molecule has 1 aliphatic rings. The maximum atomic E-state index is 10.2. The van der Waals surface area contributed by atoms with Gasteiger partial charge in [0.1, 0.15) is 0 Å². The predicted molar refractivity (Wildman–Crippen MR) is 80.2 cm³/mol. The SMILES string of the molecule is CC1=CC(c2ccc3ccccc3c2C(C)O)C=C1.[Cl-].[Cl-].[Ti+2]. The van der Waals surface area contributed by atoms with Crippen molar-refractivity contribution in [3.05, 3.63) is 71.3 Å². The molecule has 0 aliphatic heterocycles. The number of aliphatic hydroxyl groups excluding tert-OH is 1. The van der Waals surface area contributed by atoms with Gasteiger partial charge in [-0.3, -0.25) is 0 Å². The van der Waals surface area contributed by atoms with Gasteiger partial charge in [0.2, 0.25) is 0 Å². The van der Waals surface area contributed by atoms with Crippen molar-refractivity contribution in [3.8, 4) is 0 Å². The molecule has 0 saturated heterocycles. The van der Waals surface area contributed by atoms with E-state index in [-0.39, 0.29) is 52.4 Å². The summed E-state index contributed by atoms with van der Waals surface area (Å²) in [5.41, 5.74) is 3.55. The van der Waals surface area contributed by atoms with Crippen LogP contribution in [-0.2, 0) is 21.7 Å². The molecule has 2 aromatic carbocycles. The van der Waals surface area contributed by atoms with Gasteiger partial charge in [-0.2, -0.15) is 0 Å². The van der Waals surface area contributed by atoms with Gasteiger partial charge in [0.15, 0.2) is 0 Å². The van der Waals surface area contributed by atoms with Gasteiger partial charge >= 0.3 is 21.7 Å². The number of aliphatic hydroxyl groups is 1. The van der Waals surface area contributed by atoms with Gasteiger partial charge in [0, 0.05) is 5.92 Å². The van der Waals surface area contributed by atoms with Crippen LogP contribution in [-0.4, -0.2) is 5.11 Å². The summed E-state index contributed by atoms with van der Waals surface area (Å²) >= 11 is 0. The van der Waals surface area contributed by atoms with E-state index in [0.717, 1.165) is 10.9 Å². The van der Waals surface area contributed by atoms with Gasteiger partial charge in [-0.1, -0.05) is 60.2 Å². The van der Waals surface area contributed by atoms with E-state index in [1.54, 1.807) is 0 Å². The minimum atomic E-state index is -0.455. The Morgan fingerprint density at radius 3 is 2.32 bits per heavy atom. The number of halogens is 2. The van der Waals surface area contributed by atoms with Gasteiger partial charge < -0.3 is 29.9 Å². The predicted octanol–water partition coefficient (Wildman–Crippen LogP) is -1.50. The maximum absolute atomic E-state index is 10.2. The Morgan fingerprint density at radius 1 is 1.05 bits per heavy atom. The van der Waals surface area contributed by atoms with Crippen LogP contribution in [0, 0.1) is 0 Å². The molecule has 0 bridgehead atoms. The van der Waals surface area contributed by atoms with Crippen LogP contribution in [0.4, 0.5) is 0 Å². The molecule has 0 amide bonds. The van der Waals surface area contributed by atoms with E-state index < -0.39 is 6.10 Å². The molecule has 22 heavy (non-hydrogen) atoms. The molecule has 0 saturated carbocycles. The van der Waals surface area contributed by atoms with Crippen LogP contribution < -0.4 is 24.8 Å². The monoisotopic (exact) mass is 368 g/mol. The molecule has 0 aromatic heterocycles. The van der Waals surface area contributed by atoms with Gasteiger partial charge in [-0.25, -0.2) is 0 Å². The fraction of sp³-hybridized carbons (Fsp3) is 0.222. The van der Waals surface area contributed by atoms with Crippen molar-refractivity contribution in [2.45, 2.75) is 25.9 Å². The summed E-state index contributed by atoms with van der Waals surface area (Å²) in [6.45, 7) is 3.96. The van der Waals surface area contributed by atoms with Crippen LogP contribution >= 0.6 is 0 Å². The Bertz CT molecular complexity index is 693. The zero-order chi connectivity index (χ0) is 13.4. The molecule has 2 atom stereocenters. The molecular weight excluding hydrogens is 351 g/mol. The quantitative estimate of drug-likeness (QED) is 0.639. The average Bonchev–Trinajstić information content (AvgIpc) is 2.83. The molecular formula is C18H18Cl2OTi. The summed E-state index contributed by atoms with van der Waals surface area (Å²) in [6, 6.07) is 12.5. The molecule has 1 N–H and O–H groups in total. The van der Waals surface area contributed by atoms with Crippen molar-refractivity contribution < 1.29 is 51.6 Å². The second kappa shape index (κ2) is 8.91. The fourth-order valence-corrected chi connectivity index (χ4v) is 2.91. The van der Waals surface area contributed by atoms with E-state index in [1.165, 1.54) is 16.5 Å². The van der Waals surface area contributed by atoms with E-state index in [0.29, 0.717) is 0 Å². The van der Waals surface area contributed by atoms with Crippen molar-refractivity contribution in [1.82, 2.24) is 0 Å². The van der Waals surface area contributed by atoms with Crippen molar-refractivity contribution in [1.29, 1.82) is 0 Å². The minimum Gasteiger partial charge on any atom is -1.00 e. The molecule has 2 aromatic rings. The van der Waals surface area contributed by atoms with Crippen LogP contribution in [0.25, 0.3) is 10.8 Å². The van der Waals surface area contributed by atoms with Gasteiger partial charge in [0.05, 0.1) is 6.10 Å². The number of rotatable bonds is 2. The normalized spacial score (nSPS) is 17.0. The first-order valence-corrected chi connectivity index (χ1v) is 6.73. The van der Waals surface area contributed by atoms with Crippen molar-refractivity contribution in [2.24, 2.45) is 0 Å². The molecule has 0 spiro atoms. The molecule has 4 heteroatoms. The zero-order valence-corrected chi connectivity index (χ0v) is 15.6. The summed E-state index contributed by atoms with van der Waals surface area (Å²) in [4.78, 5) is 0. The van der Waals surface area contributed by atoms with Crippen LogP contribution in [0.1, 0.15) is 37.0 Å². The summed E-state index contributed by atoms with van der Waals surface area (Å²) < 4.78 is 0. The van der Waals surface area contributed by atoms with Gasteiger partial charge in [0.25, 0.3) is 0 Å². The Hall–Kier alpha value is -0.566. The fourth-order valence-electron chi connectivity index (χ4n) is 2.91. The number of benzene rings is 2. The van der Waals surface area contributed by atoms with E-state index in [9.17, 15) is 5.11 Å². The summed E-state index contributed by atoms with van der Waals surface area (Å²) in [5.74, 6) is 0.286. The van der Waals surface area contributed by atoms with Crippen molar-refractivity contribution >= 4 is 10.8 Å². The number of hydrogen-bond acceptors (Lipinski definition) is 1. The molecule has 0 fully saturated rings. The molecule has 1 aliphatic carbocycles. The van der Waals surface area contributed by atoms with Crippen LogP contribution in [0.5, 0.6) is 0 Å². The molecule has 1 nitrogen and oxygen atoms in total. The second-order valence-corrected chi connectivity index (χ2v) is 5.26. The Morgan fingerprint density at radius 2 is 1.73 bits per heavy atom. The molecule has 114 valence electrons. The number of allylic oxidation sites excluding steroid dienone is 4. The number of fused-ring (bicyclic) bond motifs is 1. The Kier molecular flexibility index (Phi) is 8.68. The van der Waals surface area contributed by atoms with Crippen LogP contribution in [0.2, 0.25) is 0 Å². The Balaban J connectivity index is 0.00000147. The molecule has 2 unspecified atom stereocenters.